The number of nitrogens with zero attached hydrogens (tertiary/aromatic N) is 1. The molecule has 0 amide bonds. The number of hydrogen-bond donors (Lipinski definition) is 2. The van der Waals surface area contributed by atoms with E-state index < -0.39 is 11.7 Å². The predicted molar refractivity (Wildman–Crippen MR) is 81.8 cm³/mol. The third-order valence-electron chi connectivity index (χ3n) is 2.60. The number of hydrazone groups is 1. The second-order valence-corrected chi connectivity index (χ2v) is 4.72. The Hall–Kier alpha value is -2.35. The van der Waals surface area contributed by atoms with Crippen LogP contribution in [0.2, 0.25) is 0 Å². The molecule has 22 heavy (non-hydrogen) atoms. The number of benzene rings is 1. The summed E-state index contributed by atoms with van der Waals surface area (Å²) in [7, 11) is 0. The third kappa shape index (κ3) is 4.32. The molecular formula is C14H12F3N3OS. The first-order chi connectivity index (χ1) is 10.4. The molecule has 0 bridgehead atoms. The molecule has 0 fully saturated rings. The van der Waals surface area contributed by atoms with Gasteiger partial charge in [0.1, 0.15) is 11.5 Å². The molecule has 2 N–H and O–H groups in total. The van der Waals surface area contributed by atoms with Gasteiger partial charge in [-0.15, -0.1) is 0 Å². The molecule has 1 aromatic heterocycles. The summed E-state index contributed by atoms with van der Waals surface area (Å²) in [4.78, 5) is 0. The minimum Gasteiger partial charge on any atom is -0.460 e. The van der Waals surface area contributed by atoms with Crippen LogP contribution in [0.1, 0.15) is 17.1 Å². The number of rotatable bonds is 3. The normalized spacial score (nSPS) is 11.6. The highest BCUT2D eigenvalue weighted by molar-refractivity contribution is 7.80. The largest absolute Gasteiger partial charge is 0.460 e. The maximum Gasteiger partial charge on any atom is 0.418 e. The SMILES string of the molecule is Cc1ccc(/C=N\NC(=S)Nc2ccccc2C(F)(F)F)o1. The van der Waals surface area contributed by atoms with Gasteiger partial charge >= 0.3 is 6.18 Å². The number of halogens is 3. The summed E-state index contributed by atoms with van der Waals surface area (Å²) >= 11 is 4.91. The number of alkyl halides is 3. The Labute approximate surface area is 130 Å². The molecule has 0 atom stereocenters. The Balaban J connectivity index is 1.99. The third-order valence-corrected chi connectivity index (χ3v) is 2.79. The number of para-hydroxylation sites is 1. The van der Waals surface area contributed by atoms with Gasteiger partial charge in [0, 0.05) is 0 Å². The van der Waals surface area contributed by atoms with Gasteiger partial charge in [0.2, 0.25) is 0 Å². The molecule has 0 unspecified atom stereocenters. The second-order valence-electron chi connectivity index (χ2n) is 4.32. The number of anilines is 1. The molecule has 0 aliphatic rings. The maximum absolute atomic E-state index is 12.8. The van der Waals surface area contributed by atoms with Crippen molar-refractivity contribution in [3.8, 4) is 0 Å². The molecule has 0 saturated heterocycles. The van der Waals surface area contributed by atoms with Gasteiger partial charge in [-0.3, -0.25) is 5.43 Å². The highest BCUT2D eigenvalue weighted by atomic mass is 32.1. The Morgan fingerprint density at radius 2 is 1.95 bits per heavy atom. The summed E-state index contributed by atoms with van der Waals surface area (Å²) < 4.78 is 43.7. The number of thiocarbonyl (C=S) groups is 1. The van der Waals surface area contributed by atoms with Crippen molar-refractivity contribution in [1.82, 2.24) is 5.43 Å². The monoisotopic (exact) mass is 327 g/mol. The van der Waals surface area contributed by atoms with Crippen molar-refractivity contribution in [3.05, 3.63) is 53.5 Å². The van der Waals surface area contributed by atoms with Gasteiger partial charge in [0.05, 0.1) is 17.5 Å². The van der Waals surface area contributed by atoms with Gasteiger partial charge in [0.25, 0.3) is 0 Å². The zero-order valence-corrected chi connectivity index (χ0v) is 12.3. The molecule has 0 spiro atoms. The molecule has 2 aromatic rings. The van der Waals surface area contributed by atoms with Crippen molar-refractivity contribution in [1.29, 1.82) is 0 Å². The van der Waals surface area contributed by atoms with Crippen molar-refractivity contribution in [2.24, 2.45) is 5.10 Å². The topological polar surface area (TPSA) is 49.6 Å². The van der Waals surface area contributed by atoms with Crippen LogP contribution < -0.4 is 10.7 Å². The van der Waals surface area contributed by atoms with Gasteiger partial charge in [-0.2, -0.15) is 18.3 Å². The van der Waals surface area contributed by atoms with Crippen molar-refractivity contribution in [2.45, 2.75) is 13.1 Å². The van der Waals surface area contributed by atoms with Crippen molar-refractivity contribution in [2.75, 3.05) is 5.32 Å². The number of aryl methyl sites for hydroxylation is 1. The smallest absolute Gasteiger partial charge is 0.418 e. The van der Waals surface area contributed by atoms with Crippen LogP contribution in [-0.2, 0) is 6.18 Å². The second kappa shape index (κ2) is 6.61. The van der Waals surface area contributed by atoms with Gasteiger partial charge in [-0.1, -0.05) is 12.1 Å². The van der Waals surface area contributed by atoms with Crippen LogP contribution in [-0.4, -0.2) is 11.3 Å². The zero-order valence-electron chi connectivity index (χ0n) is 11.4. The Kier molecular flexibility index (Phi) is 4.81. The molecule has 4 nitrogen and oxygen atoms in total. The van der Waals surface area contributed by atoms with E-state index in [-0.39, 0.29) is 10.8 Å². The number of hydrogen-bond acceptors (Lipinski definition) is 3. The molecule has 0 saturated carbocycles. The van der Waals surface area contributed by atoms with Crippen LogP contribution in [0, 0.1) is 6.92 Å². The van der Waals surface area contributed by atoms with Crippen molar-refractivity contribution in [3.63, 3.8) is 0 Å². The van der Waals surface area contributed by atoms with E-state index in [1.807, 2.05) is 0 Å². The first-order valence-corrected chi connectivity index (χ1v) is 6.60. The van der Waals surface area contributed by atoms with Crippen molar-refractivity contribution < 1.29 is 17.6 Å². The number of furan rings is 1. The van der Waals surface area contributed by atoms with Gasteiger partial charge in [-0.05, 0) is 43.4 Å². The van der Waals surface area contributed by atoms with Crippen LogP contribution in [0.5, 0.6) is 0 Å². The van der Waals surface area contributed by atoms with Crippen LogP contribution in [0.25, 0.3) is 0 Å². The fourth-order valence-corrected chi connectivity index (χ4v) is 1.83. The lowest BCUT2D eigenvalue weighted by atomic mass is 10.2. The van der Waals surface area contributed by atoms with Gasteiger partial charge in [0.15, 0.2) is 5.11 Å². The first kappa shape index (κ1) is 16.0. The van der Waals surface area contributed by atoms with Gasteiger partial charge < -0.3 is 9.73 Å². The van der Waals surface area contributed by atoms with E-state index in [1.54, 1.807) is 19.1 Å². The van der Waals surface area contributed by atoms with Crippen LogP contribution in [0.15, 0.2) is 45.9 Å². The van der Waals surface area contributed by atoms with E-state index in [4.69, 9.17) is 16.6 Å². The lowest BCUT2D eigenvalue weighted by molar-refractivity contribution is -0.136. The van der Waals surface area contributed by atoms with Crippen LogP contribution >= 0.6 is 12.2 Å². The summed E-state index contributed by atoms with van der Waals surface area (Å²) in [6.07, 6.45) is -3.09. The van der Waals surface area contributed by atoms with E-state index in [9.17, 15) is 13.2 Å². The molecule has 2 rings (SSSR count). The van der Waals surface area contributed by atoms with Gasteiger partial charge in [-0.25, -0.2) is 0 Å². The van der Waals surface area contributed by atoms with E-state index in [0.717, 1.165) is 11.8 Å². The molecule has 0 aliphatic carbocycles. The minimum atomic E-state index is -4.46. The average Bonchev–Trinajstić information content (AvgIpc) is 2.84. The Bertz CT molecular complexity index is 695. The van der Waals surface area contributed by atoms with Crippen LogP contribution in [0.3, 0.4) is 0 Å². The van der Waals surface area contributed by atoms with Crippen LogP contribution in [0.4, 0.5) is 18.9 Å². The summed E-state index contributed by atoms with van der Waals surface area (Å²) in [5.74, 6) is 1.23. The molecule has 0 radical (unpaired) electrons. The lowest BCUT2D eigenvalue weighted by Gasteiger charge is -2.14. The minimum absolute atomic E-state index is 0.0590. The molecule has 116 valence electrons. The first-order valence-electron chi connectivity index (χ1n) is 6.19. The van der Waals surface area contributed by atoms with E-state index in [0.29, 0.717) is 5.76 Å². The predicted octanol–water partition coefficient (Wildman–Crippen LogP) is 3.93. The van der Waals surface area contributed by atoms with Crippen molar-refractivity contribution >= 4 is 29.2 Å². The molecule has 8 heteroatoms. The highest BCUT2D eigenvalue weighted by Crippen LogP contribution is 2.34. The molecule has 0 aliphatic heterocycles. The highest BCUT2D eigenvalue weighted by Gasteiger charge is 2.33. The summed E-state index contributed by atoms with van der Waals surface area (Å²) in [5.41, 5.74) is 1.49. The fraction of sp³-hybridized carbons (Fsp3) is 0.143. The number of nitrogens with one attached hydrogen (secondary N) is 2. The summed E-state index contributed by atoms with van der Waals surface area (Å²) in [6, 6.07) is 8.51. The molecule has 1 heterocycles. The molecule has 1 aromatic carbocycles. The molecular weight excluding hydrogens is 315 g/mol. The van der Waals surface area contributed by atoms with E-state index in [2.05, 4.69) is 15.8 Å². The Morgan fingerprint density at radius 1 is 1.23 bits per heavy atom. The van der Waals surface area contributed by atoms with E-state index >= 15 is 0 Å². The standard InChI is InChI=1S/C14H12F3N3OS/c1-9-6-7-10(21-9)8-18-20-13(22)19-12-5-3-2-4-11(12)14(15,16)17/h2-8H,1H3,(H2,19,20,22)/b18-8-. The maximum atomic E-state index is 12.8. The zero-order chi connectivity index (χ0) is 16.2. The lowest BCUT2D eigenvalue weighted by Crippen LogP contribution is -2.25. The fourth-order valence-electron chi connectivity index (χ4n) is 1.67. The van der Waals surface area contributed by atoms with E-state index in [1.165, 1.54) is 24.4 Å². The summed E-state index contributed by atoms with van der Waals surface area (Å²) in [6.45, 7) is 1.78. The quantitative estimate of drug-likeness (QED) is 0.509. The summed E-state index contributed by atoms with van der Waals surface area (Å²) in [5, 5.41) is 6.19. The Morgan fingerprint density at radius 3 is 2.59 bits per heavy atom. The average molecular weight is 327 g/mol.